The van der Waals surface area contributed by atoms with E-state index in [0.29, 0.717) is 18.5 Å². The highest BCUT2D eigenvalue weighted by Gasteiger charge is 2.40. The molecular formula is C19H21N3O4. The van der Waals surface area contributed by atoms with Crippen molar-refractivity contribution in [1.82, 2.24) is 15.1 Å². The molecule has 1 aliphatic rings. The molecule has 7 heteroatoms. The van der Waals surface area contributed by atoms with E-state index >= 15 is 0 Å². The van der Waals surface area contributed by atoms with E-state index in [2.05, 4.69) is 10.4 Å². The van der Waals surface area contributed by atoms with Crippen molar-refractivity contribution in [1.29, 1.82) is 0 Å². The minimum atomic E-state index is -1.27. The number of nitrogens with zero attached hydrogens (tertiary/aromatic N) is 2. The number of benzene rings is 1. The van der Waals surface area contributed by atoms with Crippen LogP contribution in [0.1, 0.15) is 49.0 Å². The fourth-order valence-corrected chi connectivity index (χ4v) is 3.29. The number of hydrogen-bond donors (Lipinski definition) is 2. The molecule has 0 unspecified atom stereocenters. The summed E-state index contributed by atoms with van der Waals surface area (Å²) < 4.78 is 1.13. The molecule has 7 nitrogen and oxygen atoms in total. The third-order valence-electron chi connectivity index (χ3n) is 4.75. The fourth-order valence-electron chi connectivity index (χ4n) is 3.29. The first-order valence-corrected chi connectivity index (χ1v) is 8.74. The number of carbonyl (C=O) groups is 2. The number of carboxylic acid groups (broad SMARTS) is 1. The number of para-hydroxylation sites is 1. The van der Waals surface area contributed by atoms with Gasteiger partial charge in [0.15, 0.2) is 0 Å². The van der Waals surface area contributed by atoms with Crippen LogP contribution in [-0.4, -0.2) is 32.3 Å². The van der Waals surface area contributed by atoms with E-state index in [0.717, 1.165) is 30.4 Å². The normalized spacial score (nSPS) is 16.5. The third-order valence-corrected chi connectivity index (χ3v) is 4.75. The van der Waals surface area contributed by atoms with Crippen molar-refractivity contribution < 1.29 is 14.7 Å². The second kappa shape index (κ2) is 7.51. The Balaban J connectivity index is 1.90. The highest BCUT2D eigenvalue weighted by atomic mass is 16.4. The van der Waals surface area contributed by atoms with E-state index < -0.39 is 17.4 Å². The SMILES string of the molecule is O=C(NC1(C(=O)O)CCCCCC1)c1ccc(=O)n(-c2ccccc2)n1. The Morgan fingerprint density at radius 2 is 1.65 bits per heavy atom. The lowest BCUT2D eigenvalue weighted by Gasteiger charge is -2.29. The molecule has 1 heterocycles. The van der Waals surface area contributed by atoms with Gasteiger partial charge >= 0.3 is 5.97 Å². The van der Waals surface area contributed by atoms with Crippen molar-refractivity contribution in [3.63, 3.8) is 0 Å². The highest BCUT2D eigenvalue weighted by Crippen LogP contribution is 2.27. The Bertz CT molecular complexity index is 853. The summed E-state index contributed by atoms with van der Waals surface area (Å²) in [7, 11) is 0. The van der Waals surface area contributed by atoms with E-state index in [-0.39, 0.29) is 11.3 Å². The molecule has 1 saturated carbocycles. The van der Waals surface area contributed by atoms with Gasteiger partial charge in [-0.2, -0.15) is 9.78 Å². The maximum atomic E-state index is 12.7. The van der Waals surface area contributed by atoms with Crippen LogP contribution in [0.25, 0.3) is 5.69 Å². The predicted octanol–water partition coefficient (Wildman–Crippen LogP) is 2.14. The summed E-state index contributed by atoms with van der Waals surface area (Å²) in [6, 6.07) is 11.3. The highest BCUT2D eigenvalue weighted by molar-refractivity contribution is 5.96. The number of nitrogens with one attached hydrogen (secondary N) is 1. The van der Waals surface area contributed by atoms with Crippen LogP contribution >= 0.6 is 0 Å². The summed E-state index contributed by atoms with van der Waals surface area (Å²) in [5.41, 5.74) is -1.09. The lowest BCUT2D eigenvalue weighted by Crippen LogP contribution is -2.54. The second-order valence-electron chi connectivity index (χ2n) is 6.56. The molecule has 0 spiro atoms. The van der Waals surface area contributed by atoms with E-state index in [1.807, 2.05) is 6.07 Å². The third kappa shape index (κ3) is 3.66. The van der Waals surface area contributed by atoms with Crippen LogP contribution < -0.4 is 10.9 Å². The van der Waals surface area contributed by atoms with Crippen molar-refractivity contribution in [3.05, 3.63) is 58.5 Å². The largest absolute Gasteiger partial charge is 0.480 e. The van der Waals surface area contributed by atoms with Gasteiger partial charge in [-0.1, -0.05) is 43.9 Å². The van der Waals surface area contributed by atoms with Gasteiger partial charge in [0.2, 0.25) is 0 Å². The number of hydrogen-bond acceptors (Lipinski definition) is 4. The van der Waals surface area contributed by atoms with E-state index in [1.165, 1.54) is 12.1 Å². The summed E-state index contributed by atoms with van der Waals surface area (Å²) in [5.74, 6) is -1.61. The topological polar surface area (TPSA) is 101 Å². The number of rotatable bonds is 4. The molecule has 2 aromatic rings. The van der Waals surface area contributed by atoms with Crippen molar-refractivity contribution in [2.24, 2.45) is 0 Å². The zero-order valence-corrected chi connectivity index (χ0v) is 14.4. The molecule has 1 amide bonds. The maximum absolute atomic E-state index is 12.7. The van der Waals surface area contributed by atoms with Gasteiger partial charge in [0.1, 0.15) is 11.2 Å². The Labute approximate surface area is 150 Å². The van der Waals surface area contributed by atoms with Crippen LogP contribution in [0.15, 0.2) is 47.3 Å². The summed E-state index contributed by atoms with van der Waals surface area (Å²) in [4.78, 5) is 36.6. The lowest BCUT2D eigenvalue weighted by atomic mass is 9.90. The quantitative estimate of drug-likeness (QED) is 0.818. The first kappa shape index (κ1) is 17.8. The van der Waals surface area contributed by atoms with Gasteiger partial charge in [-0.3, -0.25) is 9.59 Å². The molecule has 1 aromatic carbocycles. The average Bonchev–Trinajstić information content (AvgIpc) is 2.89. The van der Waals surface area contributed by atoms with Gasteiger partial charge in [0.05, 0.1) is 5.69 Å². The molecule has 0 radical (unpaired) electrons. The molecular weight excluding hydrogens is 334 g/mol. The molecule has 1 aromatic heterocycles. The molecule has 0 aliphatic heterocycles. The van der Waals surface area contributed by atoms with Crippen molar-refractivity contribution in [3.8, 4) is 5.69 Å². The van der Waals surface area contributed by atoms with Crippen LogP contribution in [0.2, 0.25) is 0 Å². The van der Waals surface area contributed by atoms with Crippen LogP contribution in [0.5, 0.6) is 0 Å². The van der Waals surface area contributed by atoms with Gasteiger partial charge in [-0.15, -0.1) is 0 Å². The molecule has 2 N–H and O–H groups in total. The molecule has 0 bridgehead atoms. The number of aliphatic carboxylic acids is 1. The molecule has 1 aliphatic carbocycles. The van der Waals surface area contributed by atoms with Gasteiger partial charge in [0.25, 0.3) is 11.5 Å². The molecule has 26 heavy (non-hydrogen) atoms. The Kier molecular flexibility index (Phi) is 5.16. The van der Waals surface area contributed by atoms with Gasteiger partial charge in [-0.25, -0.2) is 4.79 Å². The van der Waals surface area contributed by atoms with Crippen molar-refractivity contribution in [2.45, 2.75) is 44.1 Å². The van der Waals surface area contributed by atoms with Crippen LogP contribution in [-0.2, 0) is 4.79 Å². The molecule has 3 rings (SSSR count). The van der Waals surface area contributed by atoms with Crippen LogP contribution in [0.3, 0.4) is 0 Å². The van der Waals surface area contributed by atoms with Crippen LogP contribution in [0, 0.1) is 0 Å². The zero-order chi connectivity index (χ0) is 18.6. The smallest absolute Gasteiger partial charge is 0.329 e. The number of aromatic nitrogens is 2. The Hall–Kier alpha value is -2.96. The molecule has 0 atom stereocenters. The van der Waals surface area contributed by atoms with E-state index in [1.54, 1.807) is 24.3 Å². The maximum Gasteiger partial charge on any atom is 0.329 e. The van der Waals surface area contributed by atoms with Gasteiger partial charge in [0, 0.05) is 6.07 Å². The van der Waals surface area contributed by atoms with E-state index in [9.17, 15) is 19.5 Å². The molecule has 136 valence electrons. The lowest BCUT2D eigenvalue weighted by molar-refractivity contribution is -0.145. The Morgan fingerprint density at radius 3 is 2.27 bits per heavy atom. The van der Waals surface area contributed by atoms with Crippen LogP contribution in [0.4, 0.5) is 0 Å². The first-order chi connectivity index (χ1) is 12.5. The number of carboxylic acids is 1. The summed E-state index contributed by atoms with van der Waals surface area (Å²) >= 11 is 0. The summed E-state index contributed by atoms with van der Waals surface area (Å²) in [6.07, 6.45) is 4.22. The second-order valence-corrected chi connectivity index (χ2v) is 6.56. The van der Waals surface area contributed by atoms with Gasteiger partial charge < -0.3 is 10.4 Å². The minimum Gasteiger partial charge on any atom is -0.480 e. The van der Waals surface area contributed by atoms with Crippen molar-refractivity contribution in [2.75, 3.05) is 0 Å². The molecule has 1 fully saturated rings. The summed E-state index contributed by atoms with van der Waals surface area (Å²) in [5, 5.41) is 16.5. The predicted molar refractivity (Wildman–Crippen MR) is 95.4 cm³/mol. The Morgan fingerprint density at radius 1 is 1.00 bits per heavy atom. The van der Waals surface area contributed by atoms with E-state index in [4.69, 9.17) is 0 Å². The number of amides is 1. The monoisotopic (exact) mass is 355 g/mol. The standard InChI is InChI=1S/C19H21N3O4/c23-16-11-10-15(21-22(16)14-8-4-3-5-9-14)17(24)20-19(18(25)26)12-6-1-2-7-13-19/h3-5,8-11H,1-2,6-7,12-13H2,(H,20,24)(H,25,26). The minimum absolute atomic E-state index is 0.0123. The fraction of sp³-hybridized carbons (Fsp3) is 0.368. The van der Waals surface area contributed by atoms with Gasteiger partial charge in [-0.05, 0) is 31.0 Å². The zero-order valence-electron chi connectivity index (χ0n) is 14.4. The molecule has 0 saturated heterocycles. The average molecular weight is 355 g/mol. The summed E-state index contributed by atoms with van der Waals surface area (Å²) in [6.45, 7) is 0. The van der Waals surface area contributed by atoms with Crippen molar-refractivity contribution >= 4 is 11.9 Å². The number of carbonyl (C=O) groups excluding carboxylic acids is 1. The first-order valence-electron chi connectivity index (χ1n) is 8.74.